The fourth-order valence-electron chi connectivity index (χ4n) is 3.00. The Morgan fingerprint density at radius 1 is 0.852 bits per heavy atom. The maximum atomic E-state index is 13.0. The Balaban J connectivity index is 1.61. The van der Waals surface area contributed by atoms with Gasteiger partial charge in [0.25, 0.3) is 5.91 Å². The molecule has 0 spiro atoms. The number of fused-ring (bicyclic) bond motifs is 1. The molecule has 0 bridgehead atoms. The summed E-state index contributed by atoms with van der Waals surface area (Å²) in [6.07, 6.45) is 0. The van der Waals surface area contributed by atoms with Gasteiger partial charge in [-0.3, -0.25) is 15.2 Å². The molecule has 0 fully saturated rings. The fraction of sp³-hybridized carbons (Fsp3) is 0.136. The molecule has 1 amide bonds. The summed E-state index contributed by atoms with van der Waals surface area (Å²) in [6, 6.07) is 25.1. The molecular weight excluding hydrogens is 340 g/mol. The number of rotatable bonds is 5. The number of nitrogens with zero attached hydrogens (tertiary/aromatic N) is 1. The van der Waals surface area contributed by atoms with Gasteiger partial charge in [0, 0.05) is 0 Å². The van der Waals surface area contributed by atoms with Crippen LogP contribution in [0.15, 0.2) is 78.9 Å². The number of amides is 1. The van der Waals surface area contributed by atoms with Crippen LogP contribution in [0.1, 0.15) is 15.9 Å². The SMILES string of the molecule is O=C(NN(Cc1ccccc1)c1ccccc1)c1cccc2c1OCCO2. The van der Waals surface area contributed by atoms with Crippen molar-refractivity contribution in [2.24, 2.45) is 0 Å². The van der Waals surface area contributed by atoms with Crippen molar-refractivity contribution < 1.29 is 14.3 Å². The van der Waals surface area contributed by atoms with E-state index in [1.807, 2.05) is 71.7 Å². The summed E-state index contributed by atoms with van der Waals surface area (Å²) in [7, 11) is 0. The summed E-state index contributed by atoms with van der Waals surface area (Å²) < 4.78 is 11.3. The summed E-state index contributed by atoms with van der Waals surface area (Å²) in [6.45, 7) is 1.47. The predicted molar refractivity (Wildman–Crippen MR) is 104 cm³/mol. The number of hydrogen-bond acceptors (Lipinski definition) is 4. The Bertz CT molecular complexity index is 913. The Morgan fingerprint density at radius 3 is 2.33 bits per heavy atom. The Labute approximate surface area is 158 Å². The minimum atomic E-state index is -0.239. The van der Waals surface area contributed by atoms with E-state index >= 15 is 0 Å². The summed E-state index contributed by atoms with van der Waals surface area (Å²) in [5.74, 6) is 0.856. The van der Waals surface area contributed by atoms with Crippen LogP contribution in [0.5, 0.6) is 11.5 Å². The lowest BCUT2D eigenvalue weighted by Crippen LogP contribution is -2.42. The summed E-state index contributed by atoms with van der Waals surface area (Å²) in [5, 5.41) is 1.83. The molecule has 3 aromatic carbocycles. The molecule has 0 aliphatic carbocycles. The van der Waals surface area contributed by atoms with Crippen LogP contribution in [0.25, 0.3) is 0 Å². The van der Waals surface area contributed by atoms with Crippen LogP contribution in [-0.4, -0.2) is 19.1 Å². The number of anilines is 1. The lowest BCUT2D eigenvalue weighted by atomic mass is 10.1. The van der Waals surface area contributed by atoms with E-state index in [4.69, 9.17) is 9.47 Å². The predicted octanol–water partition coefficient (Wildman–Crippen LogP) is 3.81. The van der Waals surface area contributed by atoms with Crippen molar-refractivity contribution in [1.82, 2.24) is 5.43 Å². The van der Waals surface area contributed by atoms with Gasteiger partial charge < -0.3 is 9.47 Å². The van der Waals surface area contributed by atoms with Crippen molar-refractivity contribution in [3.63, 3.8) is 0 Å². The third-order valence-electron chi connectivity index (χ3n) is 4.30. The molecule has 1 aliphatic rings. The van der Waals surface area contributed by atoms with Gasteiger partial charge in [-0.15, -0.1) is 0 Å². The molecule has 1 heterocycles. The van der Waals surface area contributed by atoms with Gasteiger partial charge in [0.05, 0.1) is 17.8 Å². The average molecular weight is 360 g/mol. The van der Waals surface area contributed by atoms with Gasteiger partial charge in [-0.2, -0.15) is 0 Å². The molecule has 0 atom stereocenters. The third-order valence-corrected chi connectivity index (χ3v) is 4.30. The Kier molecular flexibility index (Phi) is 4.92. The monoisotopic (exact) mass is 360 g/mol. The van der Waals surface area contributed by atoms with E-state index in [9.17, 15) is 4.79 Å². The number of ether oxygens (including phenoxy) is 2. The van der Waals surface area contributed by atoms with Crippen LogP contribution in [-0.2, 0) is 6.54 Å². The lowest BCUT2D eigenvalue weighted by molar-refractivity contribution is 0.0937. The highest BCUT2D eigenvalue weighted by Crippen LogP contribution is 2.33. The molecule has 136 valence electrons. The van der Waals surface area contributed by atoms with Gasteiger partial charge in [0.1, 0.15) is 13.2 Å². The van der Waals surface area contributed by atoms with Gasteiger partial charge in [-0.1, -0.05) is 54.6 Å². The second-order valence-corrected chi connectivity index (χ2v) is 6.18. The van der Waals surface area contributed by atoms with E-state index in [2.05, 4.69) is 5.43 Å². The largest absolute Gasteiger partial charge is 0.486 e. The Hall–Kier alpha value is -3.47. The number of para-hydroxylation sites is 2. The van der Waals surface area contributed by atoms with Gasteiger partial charge in [-0.05, 0) is 29.8 Å². The molecule has 0 saturated carbocycles. The molecule has 0 aromatic heterocycles. The van der Waals surface area contributed by atoms with Gasteiger partial charge in [0.2, 0.25) is 0 Å². The lowest BCUT2D eigenvalue weighted by Gasteiger charge is -2.27. The molecule has 0 saturated heterocycles. The topological polar surface area (TPSA) is 50.8 Å². The maximum absolute atomic E-state index is 13.0. The fourth-order valence-corrected chi connectivity index (χ4v) is 3.00. The highest BCUT2D eigenvalue weighted by atomic mass is 16.6. The number of nitrogens with one attached hydrogen (secondary N) is 1. The Morgan fingerprint density at radius 2 is 1.56 bits per heavy atom. The smallest absolute Gasteiger partial charge is 0.273 e. The first kappa shape index (κ1) is 17.0. The number of benzene rings is 3. The van der Waals surface area contributed by atoms with E-state index in [-0.39, 0.29) is 5.91 Å². The first-order valence-corrected chi connectivity index (χ1v) is 8.87. The van der Waals surface area contributed by atoms with Gasteiger partial charge in [0.15, 0.2) is 11.5 Å². The summed E-state index contributed by atoms with van der Waals surface area (Å²) in [5.41, 5.74) is 5.46. The van der Waals surface area contributed by atoms with E-state index < -0.39 is 0 Å². The van der Waals surface area contributed by atoms with Crippen LogP contribution in [0.3, 0.4) is 0 Å². The minimum Gasteiger partial charge on any atom is -0.486 e. The van der Waals surface area contributed by atoms with E-state index in [1.54, 1.807) is 12.1 Å². The number of carbonyl (C=O) groups excluding carboxylic acids is 1. The van der Waals surface area contributed by atoms with Crippen LogP contribution in [0.2, 0.25) is 0 Å². The third kappa shape index (κ3) is 3.87. The van der Waals surface area contributed by atoms with Crippen molar-refractivity contribution in [3.05, 3.63) is 90.0 Å². The number of carbonyl (C=O) groups is 1. The first-order valence-electron chi connectivity index (χ1n) is 8.87. The molecule has 4 rings (SSSR count). The van der Waals surface area contributed by atoms with Crippen LogP contribution >= 0.6 is 0 Å². The van der Waals surface area contributed by atoms with Crippen molar-refractivity contribution in [2.75, 3.05) is 18.2 Å². The van der Waals surface area contributed by atoms with Crippen molar-refractivity contribution in [1.29, 1.82) is 0 Å². The molecule has 3 aromatic rings. The van der Waals surface area contributed by atoms with Gasteiger partial charge in [-0.25, -0.2) is 0 Å². The molecule has 0 unspecified atom stereocenters. The van der Waals surface area contributed by atoms with Gasteiger partial charge >= 0.3 is 0 Å². The normalized spacial score (nSPS) is 12.3. The molecule has 27 heavy (non-hydrogen) atoms. The standard InChI is InChI=1S/C22H20N2O3/c25-22(19-12-7-13-20-21(19)27-15-14-26-20)23-24(18-10-5-2-6-11-18)16-17-8-3-1-4-9-17/h1-13H,14-16H2,(H,23,25). The zero-order valence-corrected chi connectivity index (χ0v) is 14.8. The minimum absolute atomic E-state index is 0.239. The second-order valence-electron chi connectivity index (χ2n) is 6.18. The average Bonchev–Trinajstić information content (AvgIpc) is 2.74. The maximum Gasteiger partial charge on any atom is 0.273 e. The van der Waals surface area contributed by atoms with Crippen LogP contribution in [0, 0.1) is 0 Å². The molecule has 5 nitrogen and oxygen atoms in total. The molecule has 0 radical (unpaired) electrons. The number of hydrazine groups is 1. The highest BCUT2D eigenvalue weighted by Gasteiger charge is 2.22. The molecule has 1 N–H and O–H groups in total. The molecule has 5 heteroatoms. The zero-order valence-electron chi connectivity index (χ0n) is 14.8. The zero-order chi connectivity index (χ0) is 18.5. The summed E-state index contributed by atoms with van der Waals surface area (Å²) in [4.78, 5) is 13.0. The van der Waals surface area contributed by atoms with Crippen molar-refractivity contribution in [2.45, 2.75) is 6.54 Å². The van der Waals surface area contributed by atoms with Crippen LogP contribution < -0.4 is 19.9 Å². The quantitative estimate of drug-likeness (QED) is 0.703. The van der Waals surface area contributed by atoms with E-state index in [0.29, 0.717) is 36.8 Å². The van der Waals surface area contributed by atoms with E-state index in [0.717, 1.165) is 11.3 Å². The van der Waals surface area contributed by atoms with Crippen molar-refractivity contribution in [3.8, 4) is 11.5 Å². The first-order chi connectivity index (χ1) is 13.3. The van der Waals surface area contributed by atoms with E-state index in [1.165, 1.54) is 0 Å². The highest BCUT2D eigenvalue weighted by molar-refractivity contribution is 5.98. The van der Waals surface area contributed by atoms with Crippen molar-refractivity contribution >= 4 is 11.6 Å². The summed E-state index contributed by atoms with van der Waals surface area (Å²) >= 11 is 0. The van der Waals surface area contributed by atoms with Crippen LogP contribution in [0.4, 0.5) is 5.69 Å². The molecule has 1 aliphatic heterocycles. The second kappa shape index (κ2) is 7.83. The molecular formula is C22H20N2O3. The number of hydrogen-bond donors (Lipinski definition) is 1.